The fourth-order valence-corrected chi connectivity index (χ4v) is 3.14. The molecule has 0 saturated heterocycles. The van der Waals surface area contributed by atoms with Crippen LogP contribution < -0.4 is 0 Å². The maximum atomic E-state index is 5.02. The zero-order valence-corrected chi connectivity index (χ0v) is 24.5. The van der Waals surface area contributed by atoms with Crippen molar-refractivity contribution in [1.82, 2.24) is 0 Å². The van der Waals surface area contributed by atoms with Crippen molar-refractivity contribution in [3.05, 3.63) is 70.8 Å². The molecule has 0 aliphatic carbocycles. The summed E-state index contributed by atoms with van der Waals surface area (Å²) in [6, 6.07) is 17.5. The van der Waals surface area contributed by atoms with Gasteiger partial charge in [0.25, 0.3) is 0 Å². The van der Waals surface area contributed by atoms with Crippen LogP contribution in [0.25, 0.3) is 0 Å². The average Bonchev–Trinajstić information content (AvgIpc) is 2.90. The first-order valence-corrected chi connectivity index (χ1v) is 13.7. The fourth-order valence-electron chi connectivity index (χ4n) is 3.14. The molecule has 2 aromatic carbocycles. The molecule has 0 bridgehead atoms. The SMILES string of the molecule is CC.CC.CC.COCCCCCc1ccc(C)cc1.COCCCCCc1ccccc1C. The van der Waals surface area contributed by atoms with Gasteiger partial charge in [0, 0.05) is 27.4 Å². The van der Waals surface area contributed by atoms with E-state index in [9.17, 15) is 0 Å². The second kappa shape index (κ2) is 31.4. The minimum absolute atomic E-state index is 0.897. The lowest BCUT2D eigenvalue weighted by Crippen LogP contribution is -1.92. The quantitative estimate of drug-likeness (QED) is 0.285. The Morgan fingerprint density at radius 2 is 1.00 bits per heavy atom. The van der Waals surface area contributed by atoms with E-state index in [4.69, 9.17) is 9.47 Å². The van der Waals surface area contributed by atoms with Gasteiger partial charge in [0.2, 0.25) is 0 Å². The van der Waals surface area contributed by atoms with E-state index in [1.807, 2.05) is 41.5 Å². The van der Waals surface area contributed by atoms with E-state index in [-0.39, 0.29) is 0 Å². The molecule has 0 radical (unpaired) electrons. The molecule has 0 unspecified atom stereocenters. The number of hydrogen-bond acceptors (Lipinski definition) is 2. The zero-order chi connectivity index (χ0) is 26.5. The Morgan fingerprint density at radius 1 is 0.529 bits per heavy atom. The lowest BCUT2D eigenvalue weighted by atomic mass is 10.0. The van der Waals surface area contributed by atoms with Gasteiger partial charge in [-0.3, -0.25) is 0 Å². The van der Waals surface area contributed by atoms with Crippen LogP contribution in [-0.4, -0.2) is 27.4 Å². The maximum Gasteiger partial charge on any atom is 0.0462 e. The predicted octanol–water partition coefficient (Wildman–Crippen LogP) is 9.79. The van der Waals surface area contributed by atoms with Gasteiger partial charge in [0.1, 0.15) is 0 Å². The van der Waals surface area contributed by atoms with Gasteiger partial charge in [-0.25, -0.2) is 0 Å². The molecule has 34 heavy (non-hydrogen) atoms. The Hall–Kier alpha value is -1.64. The van der Waals surface area contributed by atoms with Crippen molar-refractivity contribution in [3.8, 4) is 0 Å². The van der Waals surface area contributed by atoms with Crippen LogP contribution in [0.15, 0.2) is 48.5 Å². The van der Waals surface area contributed by atoms with Crippen LogP contribution >= 0.6 is 0 Å². The molecule has 2 nitrogen and oxygen atoms in total. The normalized spacial score (nSPS) is 9.12. The Labute approximate surface area is 214 Å². The Balaban J connectivity index is -0.000000463. The number of hydrogen-bond donors (Lipinski definition) is 0. The summed E-state index contributed by atoms with van der Waals surface area (Å²) < 4.78 is 10.0. The van der Waals surface area contributed by atoms with Gasteiger partial charge in [-0.15, -0.1) is 0 Å². The van der Waals surface area contributed by atoms with E-state index in [2.05, 4.69) is 62.4 Å². The standard InChI is InChI=1S/2C13H20O.3C2H6/c1-12-8-5-6-10-13(12)9-4-3-7-11-14-2;1-12-7-9-13(10-8-12)6-4-3-5-11-14-2;3*1-2/h5-6,8,10H,3-4,7,9,11H2,1-2H3;7-10H,3-6,11H2,1-2H3;3*1-2H3. The summed E-state index contributed by atoms with van der Waals surface area (Å²) >= 11 is 0. The Bertz CT molecular complexity index is 605. The van der Waals surface area contributed by atoms with E-state index >= 15 is 0 Å². The van der Waals surface area contributed by atoms with Crippen LogP contribution in [0.3, 0.4) is 0 Å². The molecular formula is C32H58O2. The van der Waals surface area contributed by atoms with E-state index in [1.54, 1.807) is 14.2 Å². The third-order valence-corrected chi connectivity index (χ3v) is 4.99. The van der Waals surface area contributed by atoms with Gasteiger partial charge in [0.15, 0.2) is 0 Å². The minimum Gasteiger partial charge on any atom is -0.385 e. The van der Waals surface area contributed by atoms with Gasteiger partial charge in [0.05, 0.1) is 0 Å². The molecule has 198 valence electrons. The molecule has 0 heterocycles. The number of methoxy groups -OCH3 is 2. The third kappa shape index (κ3) is 23.5. The summed E-state index contributed by atoms with van der Waals surface area (Å²) in [6.07, 6.45) is 9.84. The summed E-state index contributed by atoms with van der Waals surface area (Å²) in [5.41, 5.74) is 5.70. The summed E-state index contributed by atoms with van der Waals surface area (Å²) in [4.78, 5) is 0. The number of unbranched alkanes of at least 4 members (excludes halogenated alkanes) is 4. The van der Waals surface area contributed by atoms with Crippen molar-refractivity contribution in [2.45, 2.75) is 107 Å². The minimum atomic E-state index is 0.897. The molecule has 0 aliphatic heterocycles. The molecule has 0 aromatic heterocycles. The molecule has 0 amide bonds. The molecule has 2 heteroatoms. The second-order valence-electron chi connectivity index (χ2n) is 7.52. The van der Waals surface area contributed by atoms with Crippen LogP contribution in [0.4, 0.5) is 0 Å². The molecular weight excluding hydrogens is 416 g/mol. The van der Waals surface area contributed by atoms with Crippen molar-refractivity contribution >= 4 is 0 Å². The smallest absolute Gasteiger partial charge is 0.0462 e. The Kier molecular flexibility index (Phi) is 34.1. The van der Waals surface area contributed by atoms with E-state index in [1.165, 1.54) is 73.6 Å². The molecule has 0 spiro atoms. The number of benzene rings is 2. The van der Waals surface area contributed by atoms with Gasteiger partial charge in [-0.05, 0) is 69.1 Å². The van der Waals surface area contributed by atoms with Crippen molar-refractivity contribution in [2.24, 2.45) is 0 Å². The molecule has 2 rings (SSSR count). The number of aryl methyl sites for hydroxylation is 4. The second-order valence-corrected chi connectivity index (χ2v) is 7.52. The predicted molar refractivity (Wildman–Crippen MR) is 155 cm³/mol. The van der Waals surface area contributed by atoms with E-state index < -0.39 is 0 Å². The highest BCUT2D eigenvalue weighted by atomic mass is 16.5. The third-order valence-electron chi connectivity index (χ3n) is 4.99. The number of rotatable bonds is 12. The van der Waals surface area contributed by atoms with E-state index in [0.717, 1.165) is 13.2 Å². The highest BCUT2D eigenvalue weighted by molar-refractivity contribution is 5.25. The first-order valence-electron chi connectivity index (χ1n) is 13.7. The summed E-state index contributed by atoms with van der Waals surface area (Å²) in [7, 11) is 3.53. The molecule has 0 atom stereocenters. The largest absolute Gasteiger partial charge is 0.385 e. The maximum absolute atomic E-state index is 5.02. The molecule has 0 saturated carbocycles. The van der Waals surface area contributed by atoms with Crippen LogP contribution in [0.1, 0.15) is 102 Å². The van der Waals surface area contributed by atoms with Gasteiger partial charge < -0.3 is 9.47 Å². The molecule has 0 N–H and O–H groups in total. The highest BCUT2D eigenvalue weighted by Crippen LogP contribution is 2.11. The van der Waals surface area contributed by atoms with Crippen molar-refractivity contribution in [2.75, 3.05) is 27.4 Å². The topological polar surface area (TPSA) is 18.5 Å². The van der Waals surface area contributed by atoms with E-state index in [0.29, 0.717) is 0 Å². The zero-order valence-electron chi connectivity index (χ0n) is 24.5. The summed E-state index contributed by atoms with van der Waals surface area (Å²) in [5, 5.41) is 0. The fraction of sp³-hybridized carbons (Fsp3) is 0.625. The van der Waals surface area contributed by atoms with Gasteiger partial charge in [-0.2, -0.15) is 0 Å². The van der Waals surface area contributed by atoms with Crippen molar-refractivity contribution in [3.63, 3.8) is 0 Å². The molecule has 2 aromatic rings. The monoisotopic (exact) mass is 474 g/mol. The molecule has 0 aliphatic rings. The van der Waals surface area contributed by atoms with Crippen LogP contribution in [0, 0.1) is 13.8 Å². The molecule has 0 fully saturated rings. The number of ether oxygens (including phenoxy) is 2. The van der Waals surface area contributed by atoms with Crippen molar-refractivity contribution < 1.29 is 9.47 Å². The Morgan fingerprint density at radius 3 is 1.47 bits per heavy atom. The van der Waals surface area contributed by atoms with Crippen LogP contribution in [0.5, 0.6) is 0 Å². The highest BCUT2D eigenvalue weighted by Gasteiger charge is 1.96. The van der Waals surface area contributed by atoms with Gasteiger partial charge in [-0.1, -0.05) is 108 Å². The summed E-state index contributed by atoms with van der Waals surface area (Å²) in [6.45, 7) is 18.1. The lowest BCUT2D eigenvalue weighted by molar-refractivity contribution is 0.192. The first-order chi connectivity index (χ1) is 16.7. The first kappa shape index (κ1) is 36.9. The van der Waals surface area contributed by atoms with Crippen molar-refractivity contribution in [1.29, 1.82) is 0 Å². The summed E-state index contributed by atoms with van der Waals surface area (Å²) in [5.74, 6) is 0. The van der Waals surface area contributed by atoms with Gasteiger partial charge >= 0.3 is 0 Å². The van der Waals surface area contributed by atoms with Crippen LogP contribution in [-0.2, 0) is 22.3 Å². The van der Waals surface area contributed by atoms with Crippen LogP contribution in [0.2, 0.25) is 0 Å². The lowest BCUT2D eigenvalue weighted by Gasteiger charge is -2.04. The average molecular weight is 475 g/mol.